The van der Waals surface area contributed by atoms with Gasteiger partial charge in [-0.25, -0.2) is 0 Å². The second-order valence-corrected chi connectivity index (χ2v) is 6.52. The van der Waals surface area contributed by atoms with Crippen LogP contribution in [0.25, 0.3) is 0 Å². The molecule has 2 heterocycles. The van der Waals surface area contributed by atoms with Gasteiger partial charge >= 0.3 is 0 Å². The molecule has 0 aliphatic carbocycles. The van der Waals surface area contributed by atoms with Gasteiger partial charge in [0.15, 0.2) is 0 Å². The Morgan fingerprint density at radius 2 is 2.00 bits per heavy atom. The van der Waals surface area contributed by atoms with E-state index in [1.807, 2.05) is 0 Å². The van der Waals surface area contributed by atoms with Crippen molar-refractivity contribution in [3.63, 3.8) is 0 Å². The first kappa shape index (κ1) is 19.7. The maximum atomic E-state index is 12.9. The number of aldehydes is 1. The molecule has 1 fully saturated rings. The summed E-state index contributed by atoms with van der Waals surface area (Å²) in [4.78, 5) is 60.2. The van der Waals surface area contributed by atoms with Gasteiger partial charge in [-0.3, -0.25) is 29.4 Å². The summed E-state index contributed by atoms with van der Waals surface area (Å²) in [5.41, 5.74) is 0.986. The molecule has 9 nitrogen and oxygen atoms in total. The third-order valence-electron chi connectivity index (χ3n) is 4.63. The van der Waals surface area contributed by atoms with Gasteiger partial charge in [0.25, 0.3) is 11.8 Å². The Balaban J connectivity index is 1.67. The number of carbonyl (C=O) groups excluding carboxylic acids is 5. The summed E-state index contributed by atoms with van der Waals surface area (Å²) in [6.07, 6.45) is 2.01. The molecule has 4 amide bonds. The highest BCUT2D eigenvalue weighted by Gasteiger charge is 2.45. The number of anilines is 1. The van der Waals surface area contributed by atoms with Crippen molar-refractivity contribution in [1.82, 2.24) is 10.2 Å². The van der Waals surface area contributed by atoms with Crippen LogP contribution in [-0.4, -0.2) is 60.6 Å². The lowest BCUT2D eigenvalue weighted by Gasteiger charge is -2.27. The molecule has 0 aromatic heterocycles. The topological polar surface area (TPSA) is 122 Å². The first-order valence-electron chi connectivity index (χ1n) is 9.14. The van der Waals surface area contributed by atoms with Gasteiger partial charge in [0.1, 0.15) is 12.3 Å². The molecule has 2 aliphatic heterocycles. The lowest BCUT2D eigenvalue weighted by atomic mass is 10.0. The average molecular weight is 387 g/mol. The standard InChI is InChI=1S/C19H21N3O6/c23-9-3-11-28-10-2-8-20-13-5-1-4-12-16(13)19(27)22(18(12)26)14-6-7-15(24)21-17(14)25/h1,4-5,9,14,20H,2-3,6-8,10-11H2,(H,21,24,25). The number of fused-ring (bicyclic) bond motifs is 1. The number of hydrogen-bond donors (Lipinski definition) is 2. The minimum absolute atomic E-state index is 0.0824. The molecule has 0 spiro atoms. The van der Waals surface area contributed by atoms with E-state index in [9.17, 15) is 24.0 Å². The largest absolute Gasteiger partial charge is 0.384 e. The van der Waals surface area contributed by atoms with Crippen LogP contribution in [0.4, 0.5) is 5.69 Å². The SMILES string of the molecule is O=CCCOCCCNc1cccc2c1C(=O)N(C1CCC(=O)NC1=O)C2=O. The summed E-state index contributed by atoms with van der Waals surface area (Å²) in [5, 5.41) is 5.30. The van der Waals surface area contributed by atoms with Crippen LogP contribution >= 0.6 is 0 Å². The Labute approximate surface area is 161 Å². The third-order valence-corrected chi connectivity index (χ3v) is 4.63. The van der Waals surface area contributed by atoms with Crippen LogP contribution in [-0.2, 0) is 19.1 Å². The summed E-state index contributed by atoms with van der Waals surface area (Å²) >= 11 is 0. The molecular formula is C19H21N3O6. The first-order chi connectivity index (χ1) is 13.5. The van der Waals surface area contributed by atoms with Gasteiger partial charge in [-0.1, -0.05) is 6.07 Å². The molecule has 9 heteroatoms. The zero-order chi connectivity index (χ0) is 20.1. The molecule has 1 unspecified atom stereocenters. The van der Waals surface area contributed by atoms with Crippen molar-refractivity contribution in [3.05, 3.63) is 29.3 Å². The number of carbonyl (C=O) groups is 5. The molecule has 0 bridgehead atoms. The fraction of sp³-hybridized carbons (Fsp3) is 0.421. The van der Waals surface area contributed by atoms with Crippen LogP contribution in [0.5, 0.6) is 0 Å². The monoisotopic (exact) mass is 387 g/mol. The Morgan fingerprint density at radius 1 is 1.18 bits per heavy atom. The van der Waals surface area contributed by atoms with Crippen molar-refractivity contribution < 1.29 is 28.7 Å². The van der Waals surface area contributed by atoms with Crippen molar-refractivity contribution in [2.75, 3.05) is 25.1 Å². The highest BCUT2D eigenvalue weighted by atomic mass is 16.5. The zero-order valence-corrected chi connectivity index (χ0v) is 15.2. The molecule has 1 aromatic carbocycles. The smallest absolute Gasteiger partial charge is 0.264 e. The molecule has 2 N–H and O–H groups in total. The fourth-order valence-corrected chi connectivity index (χ4v) is 3.29. The maximum absolute atomic E-state index is 12.9. The van der Waals surface area contributed by atoms with E-state index >= 15 is 0 Å². The highest BCUT2D eigenvalue weighted by Crippen LogP contribution is 2.32. The van der Waals surface area contributed by atoms with Crippen LogP contribution in [0.1, 0.15) is 46.4 Å². The predicted octanol–water partition coefficient (Wildman–Crippen LogP) is 0.495. The molecule has 3 rings (SSSR count). The van der Waals surface area contributed by atoms with Crippen molar-refractivity contribution in [1.29, 1.82) is 0 Å². The summed E-state index contributed by atoms with van der Waals surface area (Å²) in [5.74, 6) is -2.11. The normalized spacial score (nSPS) is 18.9. The number of amides is 4. The van der Waals surface area contributed by atoms with E-state index in [0.29, 0.717) is 38.3 Å². The Morgan fingerprint density at radius 3 is 2.75 bits per heavy atom. The Hall–Kier alpha value is -3.07. The van der Waals surface area contributed by atoms with Crippen molar-refractivity contribution in [3.8, 4) is 0 Å². The number of hydrogen-bond acceptors (Lipinski definition) is 7. The number of benzene rings is 1. The van der Waals surface area contributed by atoms with Gasteiger partial charge in [0.05, 0.1) is 17.7 Å². The van der Waals surface area contributed by atoms with E-state index in [4.69, 9.17) is 4.74 Å². The number of piperidine rings is 1. The minimum Gasteiger partial charge on any atom is -0.384 e. The first-order valence-corrected chi connectivity index (χ1v) is 9.14. The number of nitrogens with one attached hydrogen (secondary N) is 2. The van der Waals surface area contributed by atoms with Gasteiger partial charge in [-0.05, 0) is 25.0 Å². The number of ether oxygens (including phenoxy) is 1. The van der Waals surface area contributed by atoms with Gasteiger partial charge in [-0.15, -0.1) is 0 Å². The quantitative estimate of drug-likeness (QED) is 0.359. The van der Waals surface area contributed by atoms with Crippen LogP contribution < -0.4 is 10.6 Å². The molecule has 0 radical (unpaired) electrons. The van der Waals surface area contributed by atoms with E-state index in [1.54, 1.807) is 18.2 Å². The van der Waals surface area contributed by atoms with E-state index < -0.39 is 29.7 Å². The number of rotatable bonds is 9. The maximum Gasteiger partial charge on any atom is 0.264 e. The van der Waals surface area contributed by atoms with Gasteiger partial charge in [0, 0.05) is 31.7 Å². The summed E-state index contributed by atoms with van der Waals surface area (Å²) in [7, 11) is 0. The fourth-order valence-electron chi connectivity index (χ4n) is 3.29. The lowest BCUT2D eigenvalue weighted by molar-refractivity contribution is -0.136. The van der Waals surface area contributed by atoms with E-state index in [1.165, 1.54) is 0 Å². The Bertz CT molecular complexity index is 822. The summed E-state index contributed by atoms with van der Waals surface area (Å²) < 4.78 is 5.29. The van der Waals surface area contributed by atoms with Crippen LogP contribution in [0, 0.1) is 0 Å². The highest BCUT2D eigenvalue weighted by molar-refractivity contribution is 6.25. The molecule has 28 heavy (non-hydrogen) atoms. The number of imide groups is 2. The second-order valence-electron chi connectivity index (χ2n) is 6.52. The van der Waals surface area contributed by atoms with Gasteiger partial charge in [-0.2, -0.15) is 0 Å². The molecule has 1 atom stereocenters. The molecule has 1 aromatic rings. The number of nitrogens with zero attached hydrogens (tertiary/aromatic N) is 1. The van der Waals surface area contributed by atoms with Gasteiger partial charge in [0.2, 0.25) is 11.8 Å². The van der Waals surface area contributed by atoms with Crippen molar-refractivity contribution in [2.45, 2.75) is 31.7 Å². The molecule has 0 saturated carbocycles. The van der Waals surface area contributed by atoms with Crippen LogP contribution in [0.3, 0.4) is 0 Å². The van der Waals surface area contributed by atoms with Crippen LogP contribution in [0.2, 0.25) is 0 Å². The van der Waals surface area contributed by atoms with Crippen LogP contribution in [0.15, 0.2) is 18.2 Å². The molecule has 1 saturated heterocycles. The average Bonchev–Trinajstić information content (AvgIpc) is 2.93. The second kappa shape index (κ2) is 8.75. The van der Waals surface area contributed by atoms with E-state index in [0.717, 1.165) is 11.2 Å². The zero-order valence-electron chi connectivity index (χ0n) is 15.2. The third kappa shape index (κ3) is 3.94. The lowest BCUT2D eigenvalue weighted by Crippen LogP contribution is -2.54. The molecular weight excluding hydrogens is 366 g/mol. The Kier molecular flexibility index (Phi) is 6.15. The minimum atomic E-state index is -0.982. The summed E-state index contributed by atoms with van der Waals surface area (Å²) in [6, 6.07) is 3.94. The molecule has 148 valence electrons. The van der Waals surface area contributed by atoms with Crippen molar-refractivity contribution >= 4 is 35.6 Å². The van der Waals surface area contributed by atoms with Crippen molar-refractivity contribution in [2.24, 2.45) is 0 Å². The summed E-state index contributed by atoms with van der Waals surface area (Å²) in [6.45, 7) is 1.35. The van der Waals surface area contributed by atoms with E-state index in [-0.39, 0.29) is 24.0 Å². The van der Waals surface area contributed by atoms with E-state index in [2.05, 4.69) is 10.6 Å². The molecule has 2 aliphatic rings. The van der Waals surface area contributed by atoms with Gasteiger partial charge < -0.3 is 14.8 Å². The predicted molar refractivity (Wildman–Crippen MR) is 97.7 cm³/mol.